The van der Waals surface area contributed by atoms with Gasteiger partial charge in [0.05, 0.1) is 5.02 Å². The van der Waals surface area contributed by atoms with Gasteiger partial charge >= 0.3 is 0 Å². The van der Waals surface area contributed by atoms with Gasteiger partial charge in [-0.2, -0.15) is 0 Å². The maximum atomic E-state index is 13.1. The zero-order valence-electron chi connectivity index (χ0n) is 10.7. The van der Waals surface area contributed by atoms with Gasteiger partial charge in [-0.25, -0.2) is 14.4 Å². The number of benzene rings is 1. The van der Waals surface area contributed by atoms with Crippen LogP contribution in [0.25, 0.3) is 0 Å². The summed E-state index contributed by atoms with van der Waals surface area (Å²) in [6.45, 7) is 4.68. The molecule has 0 atom stereocenters. The second-order valence-corrected chi connectivity index (χ2v) is 4.39. The van der Waals surface area contributed by atoms with Crippen molar-refractivity contribution in [3.63, 3.8) is 0 Å². The van der Waals surface area contributed by atoms with Gasteiger partial charge in [0.2, 0.25) is 0 Å². The number of hydrogen-bond donors (Lipinski definition) is 2. The number of hydrogen-bond acceptors (Lipinski definition) is 4. The molecule has 1 heterocycles. The first-order chi connectivity index (χ1) is 9.11. The topological polar surface area (TPSA) is 49.8 Å². The summed E-state index contributed by atoms with van der Waals surface area (Å²) >= 11 is 5.74. The predicted molar refractivity (Wildman–Crippen MR) is 75.6 cm³/mol. The van der Waals surface area contributed by atoms with Crippen LogP contribution in [0.4, 0.5) is 21.7 Å². The average molecular weight is 281 g/mol. The van der Waals surface area contributed by atoms with Crippen molar-refractivity contribution in [2.75, 3.05) is 17.2 Å². The highest BCUT2D eigenvalue weighted by Crippen LogP contribution is 2.25. The molecular formula is C13H14ClFN4. The molecule has 2 rings (SSSR count). The summed E-state index contributed by atoms with van der Waals surface area (Å²) in [6.07, 6.45) is 1.47. The Bertz CT molecular complexity index is 589. The Kier molecular flexibility index (Phi) is 4.16. The molecule has 1 aromatic carbocycles. The van der Waals surface area contributed by atoms with Gasteiger partial charge in [-0.05, 0) is 32.0 Å². The minimum absolute atomic E-state index is 0.0728. The summed E-state index contributed by atoms with van der Waals surface area (Å²) in [6, 6.07) is 4.44. The average Bonchev–Trinajstić information content (AvgIpc) is 2.39. The normalized spacial score (nSPS) is 10.3. The van der Waals surface area contributed by atoms with Gasteiger partial charge in [0.25, 0.3) is 0 Å². The summed E-state index contributed by atoms with van der Waals surface area (Å²) in [7, 11) is 0. The molecule has 0 unspecified atom stereocenters. The predicted octanol–water partition coefficient (Wildman–Crippen LogP) is 3.75. The van der Waals surface area contributed by atoms with E-state index in [2.05, 4.69) is 20.6 Å². The van der Waals surface area contributed by atoms with E-state index in [4.69, 9.17) is 11.6 Å². The third-order valence-electron chi connectivity index (χ3n) is 2.61. The van der Waals surface area contributed by atoms with Gasteiger partial charge in [-0.3, -0.25) is 0 Å². The monoisotopic (exact) mass is 280 g/mol. The summed E-state index contributed by atoms with van der Waals surface area (Å²) in [5, 5.41) is 6.31. The van der Waals surface area contributed by atoms with E-state index < -0.39 is 5.82 Å². The molecule has 0 amide bonds. The number of rotatable bonds is 4. The van der Waals surface area contributed by atoms with Crippen LogP contribution >= 0.6 is 11.6 Å². The number of halogens is 2. The molecule has 100 valence electrons. The zero-order valence-corrected chi connectivity index (χ0v) is 11.4. The minimum Gasteiger partial charge on any atom is -0.370 e. The van der Waals surface area contributed by atoms with Crippen LogP contribution in [0.3, 0.4) is 0 Å². The molecule has 1 aromatic heterocycles. The summed E-state index contributed by atoms with van der Waals surface area (Å²) in [4.78, 5) is 8.32. The third-order valence-corrected chi connectivity index (χ3v) is 2.90. The SMILES string of the molecule is CCNc1ncnc(Nc2ccc(F)c(Cl)c2)c1C. The Morgan fingerprint density at radius 2 is 2.00 bits per heavy atom. The summed E-state index contributed by atoms with van der Waals surface area (Å²) in [5.41, 5.74) is 1.57. The number of aromatic nitrogens is 2. The van der Waals surface area contributed by atoms with Crippen molar-refractivity contribution in [3.8, 4) is 0 Å². The molecular weight excluding hydrogens is 267 g/mol. The van der Waals surface area contributed by atoms with Gasteiger partial charge in [0.15, 0.2) is 0 Å². The second-order valence-electron chi connectivity index (χ2n) is 3.98. The van der Waals surface area contributed by atoms with Crippen LogP contribution < -0.4 is 10.6 Å². The molecule has 2 N–H and O–H groups in total. The fourth-order valence-corrected chi connectivity index (χ4v) is 1.81. The highest BCUT2D eigenvalue weighted by atomic mass is 35.5. The van der Waals surface area contributed by atoms with Crippen molar-refractivity contribution in [2.45, 2.75) is 13.8 Å². The highest BCUT2D eigenvalue weighted by Gasteiger charge is 2.07. The van der Waals surface area contributed by atoms with Crippen molar-refractivity contribution < 1.29 is 4.39 Å². The molecule has 0 bridgehead atoms. The van der Waals surface area contributed by atoms with Crippen LogP contribution in [-0.2, 0) is 0 Å². The van der Waals surface area contributed by atoms with Crippen molar-refractivity contribution in [1.82, 2.24) is 9.97 Å². The second kappa shape index (κ2) is 5.84. The third kappa shape index (κ3) is 3.12. The molecule has 19 heavy (non-hydrogen) atoms. The molecule has 0 spiro atoms. The standard InChI is InChI=1S/C13H14ClFN4/c1-3-16-12-8(2)13(18-7-17-12)19-9-4-5-11(15)10(14)6-9/h4-7H,3H2,1-2H3,(H2,16,17,18,19). The largest absolute Gasteiger partial charge is 0.370 e. The van der Waals surface area contributed by atoms with E-state index in [-0.39, 0.29) is 5.02 Å². The van der Waals surface area contributed by atoms with Crippen LogP contribution in [0.2, 0.25) is 5.02 Å². The molecule has 0 aliphatic heterocycles. The highest BCUT2D eigenvalue weighted by molar-refractivity contribution is 6.31. The quantitative estimate of drug-likeness (QED) is 0.895. The lowest BCUT2D eigenvalue weighted by Gasteiger charge is -2.12. The lowest BCUT2D eigenvalue weighted by atomic mass is 10.2. The lowest BCUT2D eigenvalue weighted by Crippen LogP contribution is -2.05. The fraction of sp³-hybridized carbons (Fsp3) is 0.231. The van der Waals surface area contributed by atoms with E-state index in [1.54, 1.807) is 6.07 Å². The van der Waals surface area contributed by atoms with Gasteiger partial charge in [-0.15, -0.1) is 0 Å². The van der Waals surface area contributed by atoms with Crippen molar-refractivity contribution in [1.29, 1.82) is 0 Å². The number of nitrogens with one attached hydrogen (secondary N) is 2. The molecule has 6 heteroatoms. The number of nitrogens with zero attached hydrogens (tertiary/aromatic N) is 2. The van der Waals surface area contributed by atoms with Gasteiger partial charge in [-0.1, -0.05) is 11.6 Å². The molecule has 0 fully saturated rings. The molecule has 0 saturated heterocycles. The molecule has 2 aromatic rings. The van der Waals surface area contributed by atoms with E-state index >= 15 is 0 Å². The van der Waals surface area contributed by atoms with E-state index in [1.807, 2.05) is 13.8 Å². The molecule has 0 aliphatic rings. The van der Waals surface area contributed by atoms with Crippen molar-refractivity contribution in [3.05, 3.63) is 40.9 Å². The van der Waals surface area contributed by atoms with E-state index in [0.717, 1.165) is 17.9 Å². The molecule has 4 nitrogen and oxygen atoms in total. The maximum absolute atomic E-state index is 13.1. The maximum Gasteiger partial charge on any atom is 0.141 e. The number of anilines is 3. The van der Waals surface area contributed by atoms with E-state index in [9.17, 15) is 4.39 Å². The van der Waals surface area contributed by atoms with Crippen molar-refractivity contribution >= 4 is 28.9 Å². The van der Waals surface area contributed by atoms with Crippen LogP contribution in [0, 0.1) is 12.7 Å². The first-order valence-electron chi connectivity index (χ1n) is 5.89. The van der Waals surface area contributed by atoms with Gasteiger partial charge < -0.3 is 10.6 Å². The van der Waals surface area contributed by atoms with Crippen LogP contribution in [-0.4, -0.2) is 16.5 Å². The zero-order chi connectivity index (χ0) is 13.8. The Morgan fingerprint density at radius 3 is 2.68 bits per heavy atom. The van der Waals surface area contributed by atoms with Crippen LogP contribution in [0.5, 0.6) is 0 Å². The fourth-order valence-electron chi connectivity index (χ4n) is 1.63. The Labute approximate surface area is 116 Å². The van der Waals surface area contributed by atoms with E-state index in [1.165, 1.54) is 18.5 Å². The molecule has 0 aliphatic carbocycles. The Balaban J connectivity index is 2.27. The Morgan fingerprint density at radius 1 is 1.26 bits per heavy atom. The van der Waals surface area contributed by atoms with Gasteiger partial charge in [0, 0.05) is 17.8 Å². The summed E-state index contributed by atoms with van der Waals surface area (Å²) in [5.74, 6) is 0.988. The Hall–Kier alpha value is -1.88. The minimum atomic E-state index is -0.444. The van der Waals surface area contributed by atoms with Crippen LogP contribution in [0.15, 0.2) is 24.5 Å². The van der Waals surface area contributed by atoms with Crippen LogP contribution in [0.1, 0.15) is 12.5 Å². The summed E-state index contributed by atoms with van der Waals surface area (Å²) < 4.78 is 13.1. The smallest absolute Gasteiger partial charge is 0.141 e. The first kappa shape index (κ1) is 13.5. The van der Waals surface area contributed by atoms with Gasteiger partial charge in [0.1, 0.15) is 23.8 Å². The van der Waals surface area contributed by atoms with Crippen molar-refractivity contribution in [2.24, 2.45) is 0 Å². The lowest BCUT2D eigenvalue weighted by molar-refractivity contribution is 0.628. The molecule has 0 saturated carbocycles. The van der Waals surface area contributed by atoms with E-state index in [0.29, 0.717) is 11.5 Å². The first-order valence-corrected chi connectivity index (χ1v) is 6.27. The molecule has 0 radical (unpaired) electrons.